The molecule has 43 heavy (non-hydrogen) atoms. The number of aliphatic hydroxyl groups excluding tert-OH is 1. The second-order valence-electron chi connectivity index (χ2n) is 11.4. The van der Waals surface area contributed by atoms with E-state index in [9.17, 15) is 22.8 Å². The lowest BCUT2D eigenvalue weighted by atomic mass is 10.0. The Labute approximate surface area is 246 Å². The molecule has 2 amide bonds. The summed E-state index contributed by atoms with van der Waals surface area (Å²) in [7, 11) is 0. The van der Waals surface area contributed by atoms with Crippen LogP contribution in [0.25, 0.3) is 0 Å². The van der Waals surface area contributed by atoms with E-state index in [1.807, 2.05) is 0 Å². The first-order valence-corrected chi connectivity index (χ1v) is 14.6. The first-order chi connectivity index (χ1) is 20.7. The summed E-state index contributed by atoms with van der Waals surface area (Å²) in [6, 6.07) is 1.98. The van der Waals surface area contributed by atoms with Gasteiger partial charge in [-0.1, -0.05) is 5.21 Å². The number of hydrogen-bond acceptors (Lipinski definition) is 9. The minimum Gasteiger partial charge on any atom is -0.491 e. The zero-order valence-electron chi connectivity index (χ0n) is 23.6. The predicted octanol–water partition coefficient (Wildman–Crippen LogP) is 1.17. The fourth-order valence-electron chi connectivity index (χ4n) is 6.42. The Hall–Kier alpha value is -3.27. The number of nitrogens with zero attached hydrogens (tertiary/aromatic N) is 6. The van der Waals surface area contributed by atoms with E-state index in [4.69, 9.17) is 19.3 Å². The maximum absolute atomic E-state index is 14.1. The largest absolute Gasteiger partial charge is 0.491 e. The topological polar surface area (TPSA) is 122 Å². The Morgan fingerprint density at radius 2 is 1.88 bits per heavy atom. The normalized spacial score (nSPS) is 25.7. The molecule has 15 heteroatoms. The summed E-state index contributed by atoms with van der Waals surface area (Å²) in [5.41, 5.74) is -0.686. The summed E-state index contributed by atoms with van der Waals surface area (Å²) in [4.78, 5) is 33.4. The third-order valence-corrected chi connectivity index (χ3v) is 8.66. The molecular formula is C28H35F3N6O6. The van der Waals surface area contributed by atoms with Gasteiger partial charge in [0.1, 0.15) is 24.1 Å². The molecule has 4 aliphatic heterocycles. The van der Waals surface area contributed by atoms with Crippen molar-refractivity contribution in [2.45, 2.75) is 62.8 Å². The van der Waals surface area contributed by atoms with Crippen LogP contribution in [0.2, 0.25) is 0 Å². The number of amides is 2. The molecule has 3 atom stereocenters. The standard InChI is InChI=1S/C28H35F3N6O6/c29-28(30,31)18-1-2-25-23(11-18)26(39)37-15-22(42-16-19-13-35(7-8-38)33-32-19)12-24(37)27(40)36-6-5-34(14-21(36)17-43-25)20-3-9-41-10-4-20/h1-2,11,13,20-22,24,38H,3-10,12,14-17H2/t21-,22+,24-/m0/s1. The fraction of sp³-hybridized carbons (Fsp3) is 0.643. The van der Waals surface area contributed by atoms with Gasteiger partial charge >= 0.3 is 6.18 Å². The average molecular weight is 609 g/mol. The van der Waals surface area contributed by atoms with Crippen LogP contribution in [0, 0.1) is 0 Å². The Morgan fingerprint density at radius 3 is 2.65 bits per heavy atom. The highest BCUT2D eigenvalue weighted by molar-refractivity contribution is 6.00. The van der Waals surface area contributed by atoms with Gasteiger partial charge < -0.3 is 29.1 Å². The van der Waals surface area contributed by atoms with Crippen LogP contribution < -0.4 is 4.74 Å². The monoisotopic (exact) mass is 608 g/mol. The minimum absolute atomic E-state index is 0.0163. The number of aliphatic hydroxyl groups is 1. The van der Waals surface area contributed by atoms with Crippen LogP contribution in [0.4, 0.5) is 13.2 Å². The number of carbonyl (C=O) groups is 2. The summed E-state index contributed by atoms with van der Waals surface area (Å²) in [6.07, 6.45) is -1.61. The molecule has 6 rings (SSSR count). The van der Waals surface area contributed by atoms with Gasteiger partial charge in [-0.25, -0.2) is 4.68 Å². The van der Waals surface area contributed by atoms with Crippen molar-refractivity contribution >= 4 is 11.8 Å². The summed E-state index contributed by atoms with van der Waals surface area (Å²) in [5.74, 6) is -0.915. The molecule has 5 heterocycles. The smallest absolute Gasteiger partial charge is 0.416 e. The van der Waals surface area contributed by atoms with E-state index in [1.165, 1.54) is 15.6 Å². The molecule has 1 N–H and O–H groups in total. The van der Waals surface area contributed by atoms with Crippen LogP contribution in [0.15, 0.2) is 24.4 Å². The second kappa shape index (κ2) is 12.4. The lowest BCUT2D eigenvalue weighted by molar-refractivity contribution is -0.143. The molecule has 0 bridgehead atoms. The number of alkyl halides is 3. The van der Waals surface area contributed by atoms with Crippen LogP contribution in [-0.2, 0) is 33.6 Å². The molecule has 2 aromatic rings. The van der Waals surface area contributed by atoms with Gasteiger partial charge in [0.15, 0.2) is 0 Å². The van der Waals surface area contributed by atoms with Crippen molar-refractivity contribution in [1.29, 1.82) is 0 Å². The van der Waals surface area contributed by atoms with Crippen molar-refractivity contribution in [3.8, 4) is 5.75 Å². The van der Waals surface area contributed by atoms with E-state index in [2.05, 4.69) is 15.2 Å². The van der Waals surface area contributed by atoms with E-state index in [0.717, 1.165) is 25.0 Å². The number of rotatable bonds is 6. The molecule has 0 aliphatic carbocycles. The van der Waals surface area contributed by atoms with E-state index in [-0.39, 0.29) is 62.6 Å². The van der Waals surface area contributed by atoms with Crippen molar-refractivity contribution < 1.29 is 42.1 Å². The Kier molecular flexibility index (Phi) is 8.58. The maximum Gasteiger partial charge on any atom is 0.416 e. The second-order valence-corrected chi connectivity index (χ2v) is 11.4. The lowest BCUT2D eigenvalue weighted by Gasteiger charge is -2.46. The van der Waals surface area contributed by atoms with Crippen molar-refractivity contribution in [1.82, 2.24) is 29.7 Å². The summed E-state index contributed by atoms with van der Waals surface area (Å²) >= 11 is 0. The van der Waals surface area contributed by atoms with Gasteiger partial charge in [0.25, 0.3) is 5.91 Å². The molecule has 234 valence electrons. The van der Waals surface area contributed by atoms with E-state index < -0.39 is 29.8 Å². The molecule has 0 saturated carbocycles. The van der Waals surface area contributed by atoms with Gasteiger partial charge in [0, 0.05) is 51.9 Å². The van der Waals surface area contributed by atoms with Crippen molar-refractivity contribution in [3.63, 3.8) is 0 Å². The van der Waals surface area contributed by atoms with E-state index >= 15 is 0 Å². The number of hydrogen-bond donors (Lipinski definition) is 1. The summed E-state index contributed by atoms with van der Waals surface area (Å²) in [6.45, 7) is 3.33. The van der Waals surface area contributed by atoms with E-state index in [1.54, 1.807) is 11.1 Å². The van der Waals surface area contributed by atoms with Crippen LogP contribution in [0.5, 0.6) is 5.75 Å². The van der Waals surface area contributed by atoms with E-state index in [0.29, 0.717) is 44.6 Å². The highest BCUT2D eigenvalue weighted by Gasteiger charge is 2.46. The Balaban J connectivity index is 1.27. The average Bonchev–Trinajstić information content (AvgIpc) is 3.65. The molecular weight excluding hydrogens is 573 g/mol. The molecule has 3 fully saturated rings. The fourth-order valence-corrected chi connectivity index (χ4v) is 6.42. The third-order valence-electron chi connectivity index (χ3n) is 8.66. The highest BCUT2D eigenvalue weighted by atomic mass is 19.4. The summed E-state index contributed by atoms with van der Waals surface area (Å²) in [5, 5.41) is 17.0. The van der Waals surface area contributed by atoms with Crippen LogP contribution in [0.1, 0.15) is 40.9 Å². The van der Waals surface area contributed by atoms with Crippen LogP contribution in [-0.4, -0.2) is 123 Å². The third kappa shape index (κ3) is 6.35. The number of fused-ring (bicyclic) bond motifs is 3. The molecule has 0 unspecified atom stereocenters. The van der Waals surface area contributed by atoms with Crippen molar-refractivity contribution in [2.24, 2.45) is 0 Å². The molecule has 12 nitrogen and oxygen atoms in total. The molecule has 4 aliphatic rings. The quantitative estimate of drug-likeness (QED) is 0.515. The predicted molar refractivity (Wildman–Crippen MR) is 143 cm³/mol. The van der Waals surface area contributed by atoms with Crippen molar-refractivity contribution in [3.05, 3.63) is 41.2 Å². The SMILES string of the molecule is O=C1[C@@H]2C[C@@H](OCc3cn(CCO)nn3)CN2C(=O)c2cc(C(F)(F)F)ccc2OC[C@@H]2CN(C3CCOCC3)CCN12. The van der Waals surface area contributed by atoms with Gasteiger partial charge in [0.2, 0.25) is 5.91 Å². The Bertz CT molecular complexity index is 1320. The number of benzene rings is 1. The number of ether oxygens (including phenoxy) is 3. The minimum atomic E-state index is -4.66. The number of carbonyl (C=O) groups excluding carboxylic acids is 2. The number of piperazine rings is 1. The molecule has 0 spiro atoms. The molecule has 3 saturated heterocycles. The van der Waals surface area contributed by atoms with Crippen molar-refractivity contribution in [2.75, 3.05) is 52.6 Å². The molecule has 0 radical (unpaired) electrons. The van der Waals surface area contributed by atoms with Gasteiger partial charge in [-0.2, -0.15) is 13.2 Å². The maximum atomic E-state index is 14.1. The van der Waals surface area contributed by atoms with Gasteiger partial charge in [-0.05, 0) is 31.0 Å². The van der Waals surface area contributed by atoms with Crippen LogP contribution in [0.3, 0.4) is 0 Å². The lowest BCUT2D eigenvalue weighted by Crippen LogP contribution is -2.62. The van der Waals surface area contributed by atoms with Crippen LogP contribution >= 0.6 is 0 Å². The zero-order chi connectivity index (χ0) is 30.1. The highest BCUT2D eigenvalue weighted by Crippen LogP contribution is 2.36. The number of aromatic nitrogens is 3. The summed E-state index contributed by atoms with van der Waals surface area (Å²) < 4.78 is 60.1. The van der Waals surface area contributed by atoms with Gasteiger partial charge in [-0.15, -0.1) is 5.10 Å². The number of halogens is 3. The van der Waals surface area contributed by atoms with Gasteiger partial charge in [0.05, 0.1) is 49.2 Å². The first kappa shape index (κ1) is 29.8. The zero-order valence-corrected chi connectivity index (χ0v) is 23.6. The Morgan fingerprint density at radius 1 is 1.07 bits per heavy atom. The molecule has 1 aromatic carbocycles. The molecule has 1 aromatic heterocycles. The van der Waals surface area contributed by atoms with Gasteiger partial charge in [-0.3, -0.25) is 14.5 Å². The first-order valence-electron chi connectivity index (χ1n) is 14.6.